The SMILES string of the molecule is CC(C)c1nc(-c2ccccc2)c2ccc3cccc(-c4ccccc4)c3c2n1. The molecule has 0 aliphatic heterocycles. The highest BCUT2D eigenvalue weighted by Gasteiger charge is 2.16. The Labute approximate surface area is 170 Å². The lowest BCUT2D eigenvalue weighted by Gasteiger charge is -2.15. The van der Waals surface area contributed by atoms with E-state index in [1.165, 1.54) is 21.9 Å². The minimum absolute atomic E-state index is 0.251. The number of hydrogen-bond donors (Lipinski definition) is 0. The lowest BCUT2D eigenvalue weighted by molar-refractivity contribution is 0.785. The highest BCUT2D eigenvalue weighted by molar-refractivity contribution is 6.15. The molecule has 5 aromatic rings. The number of benzene rings is 4. The molecule has 0 bridgehead atoms. The molecule has 0 fully saturated rings. The second kappa shape index (κ2) is 7.14. The van der Waals surface area contributed by atoms with Crippen LogP contribution in [0, 0.1) is 0 Å². The molecular weight excluding hydrogens is 352 g/mol. The summed E-state index contributed by atoms with van der Waals surface area (Å²) in [5, 5.41) is 3.49. The number of hydrogen-bond acceptors (Lipinski definition) is 2. The van der Waals surface area contributed by atoms with Crippen LogP contribution in [0.1, 0.15) is 25.6 Å². The molecule has 0 saturated heterocycles. The van der Waals surface area contributed by atoms with Crippen LogP contribution < -0.4 is 0 Å². The molecule has 0 amide bonds. The molecule has 4 aromatic carbocycles. The van der Waals surface area contributed by atoms with Crippen LogP contribution in [0.2, 0.25) is 0 Å². The van der Waals surface area contributed by atoms with E-state index in [2.05, 4.69) is 98.8 Å². The predicted octanol–water partition coefficient (Wildman–Crippen LogP) is 7.24. The van der Waals surface area contributed by atoms with E-state index in [1.807, 2.05) is 6.07 Å². The van der Waals surface area contributed by atoms with E-state index in [1.54, 1.807) is 0 Å². The van der Waals surface area contributed by atoms with Gasteiger partial charge in [-0.1, -0.05) is 98.8 Å². The van der Waals surface area contributed by atoms with Crippen LogP contribution in [-0.4, -0.2) is 9.97 Å². The van der Waals surface area contributed by atoms with Gasteiger partial charge in [0.05, 0.1) is 11.2 Å². The van der Waals surface area contributed by atoms with Gasteiger partial charge in [-0.2, -0.15) is 0 Å². The fourth-order valence-corrected chi connectivity index (χ4v) is 3.91. The van der Waals surface area contributed by atoms with Crippen molar-refractivity contribution in [1.82, 2.24) is 9.97 Å². The fourth-order valence-electron chi connectivity index (χ4n) is 3.91. The van der Waals surface area contributed by atoms with Crippen molar-refractivity contribution < 1.29 is 0 Å². The first-order chi connectivity index (χ1) is 14.2. The van der Waals surface area contributed by atoms with Gasteiger partial charge in [0, 0.05) is 22.3 Å². The van der Waals surface area contributed by atoms with E-state index in [0.29, 0.717) is 0 Å². The molecule has 0 unspecified atom stereocenters. The minimum atomic E-state index is 0.251. The summed E-state index contributed by atoms with van der Waals surface area (Å²) in [5.74, 6) is 1.13. The Morgan fingerprint density at radius 1 is 0.621 bits per heavy atom. The molecule has 0 N–H and O–H groups in total. The van der Waals surface area contributed by atoms with Gasteiger partial charge < -0.3 is 0 Å². The van der Waals surface area contributed by atoms with Crippen molar-refractivity contribution >= 4 is 21.7 Å². The normalized spacial score (nSPS) is 11.4. The average Bonchev–Trinajstić information content (AvgIpc) is 2.78. The first kappa shape index (κ1) is 17.6. The zero-order chi connectivity index (χ0) is 19.8. The average molecular weight is 374 g/mol. The third kappa shape index (κ3) is 3.07. The first-order valence-electron chi connectivity index (χ1n) is 10.1. The van der Waals surface area contributed by atoms with Crippen LogP contribution >= 0.6 is 0 Å². The molecule has 140 valence electrons. The van der Waals surface area contributed by atoms with Gasteiger partial charge in [0.25, 0.3) is 0 Å². The van der Waals surface area contributed by atoms with Crippen LogP contribution in [0.25, 0.3) is 44.1 Å². The summed E-state index contributed by atoms with van der Waals surface area (Å²) in [6.45, 7) is 4.30. The number of rotatable bonds is 3. The standard InChI is InChI=1S/C27H22N2/c1-18(2)27-28-25(21-12-7-4-8-13-21)23-17-16-20-14-9-15-22(24(20)26(23)29-27)19-10-5-3-6-11-19/h3-18H,1-2H3. The van der Waals surface area contributed by atoms with Gasteiger partial charge in [0.1, 0.15) is 5.82 Å². The molecule has 1 aromatic heterocycles. The Kier molecular flexibility index (Phi) is 4.33. The van der Waals surface area contributed by atoms with Gasteiger partial charge in [-0.3, -0.25) is 0 Å². The van der Waals surface area contributed by atoms with Gasteiger partial charge in [0.15, 0.2) is 0 Å². The molecule has 2 nitrogen and oxygen atoms in total. The van der Waals surface area contributed by atoms with Gasteiger partial charge in [-0.05, 0) is 22.6 Å². The Balaban J connectivity index is 1.94. The van der Waals surface area contributed by atoms with Gasteiger partial charge in [-0.25, -0.2) is 9.97 Å². The molecule has 0 aliphatic rings. The zero-order valence-electron chi connectivity index (χ0n) is 16.6. The van der Waals surface area contributed by atoms with Crippen LogP contribution in [0.3, 0.4) is 0 Å². The summed E-state index contributed by atoms with van der Waals surface area (Å²) in [7, 11) is 0. The van der Waals surface area contributed by atoms with E-state index < -0.39 is 0 Å². The second-order valence-electron chi connectivity index (χ2n) is 7.68. The van der Waals surface area contributed by atoms with Crippen LogP contribution in [-0.2, 0) is 0 Å². The topological polar surface area (TPSA) is 25.8 Å². The zero-order valence-corrected chi connectivity index (χ0v) is 16.6. The first-order valence-corrected chi connectivity index (χ1v) is 10.1. The smallest absolute Gasteiger partial charge is 0.132 e. The Hall–Kier alpha value is -3.52. The number of nitrogens with zero attached hydrogens (tertiary/aromatic N) is 2. The van der Waals surface area contributed by atoms with Crippen molar-refractivity contribution in [3.8, 4) is 22.4 Å². The third-order valence-electron chi connectivity index (χ3n) is 5.37. The maximum atomic E-state index is 5.06. The van der Waals surface area contributed by atoms with Crippen LogP contribution in [0.4, 0.5) is 0 Å². The van der Waals surface area contributed by atoms with Crippen molar-refractivity contribution in [3.63, 3.8) is 0 Å². The predicted molar refractivity (Wildman–Crippen MR) is 122 cm³/mol. The Morgan fingerprint density at radius 2 is 1.31 bits per heavy atom. The quantitative estimate of drug-likeness (QED) is 0.311. The van der Waals surface area contributed by atoms with Crippen molar-refractivity contribution in [1.29, 1.82) is 0 Å². The lowest BCUT2D eigenvalue weighted by atomic mass is 9.94. The summed E-state index contributed by atoms with van der Waals surface area (Å²) < 4.78 is 0. The van der Waals surface area contributed by atoms with Gasteiger partial charge >= 0.3 is 0 Å². The second-order valence-corrected chi connectivity index (χ2v) is 7.68. The maximum Gasteiger partial charge on any atom is 0.132 e. The van der Waals surface area contributed by atoms with Crippen LogP contribution in [0.5, 0.6) is 0 Å². The molecule has 2 heteroatoms. The molecule has 0 atom stereocenters. The minimum Gasteiger partial charge on any atom is -0.232 e. The van der Waals surface area contributed by atoms with Crippen molar-refractivity contribution in [2.24, 2.45) is 0 Å². The number of aromatic nitrogens is 2. The maximum absolute atomic E-state index is 5.06. The number of fused-ring (bicyclic) bond motifs is 3. The molecule has 0 radical (unpaired) electrons. The largest absolute Gasteiger partial charge is 0.232 e. The molecule has 5 rings (SSSR count). The fraction of sp³-hybridized carbons (Fsp3) is 0.111. The summed E-state index contributed by atoms with van der Waals surface area (Å²) in [6.07, 6.45) is 0. The van der Waals surface area contributed by atoms with Gasteiger partial charge in [0.2, 0.25) is 0 Å². The van der Waals surface area contributed by atoms with Gasteiger partial charge in [-0.15, -0.1) is 0 Å². The van der Waals surface area contributed by atoms with E-state index in [4.69, 9.17) is 9.97 Å². The van der Waals surface area contributed by atoms with Crippen molar-refractivity contribution in [3.05, 3.63) is 96.8 Å². The summed E-state index contributed by atoms with van der Waals surface area (Å²) >= 11 is 0. The van der Waals surface area contributed by atoms with E-state index in [-0.39, 0.29) is 5.92 Å². The summed E-state index contributed by atoms with van der Waals surface area (Å²) in [6, 6.07) is 31.8. The van der Waals surface area contributed by atoms with Crippen LogP contribution in [0.15, 0.2) is 91.0 Å². The summed E-state index contributed by atoms with van der Waals surface area (Å²) in [5.41, 5.74) is 5.57. The van der Waals surface area contributed by atoms with E-state index >= 15 is 0 Å². The molecule has 0 aliphatic carbocycles. The van der Waals surface area contributed by atoms with E-state index in [0.717, 1.165) is 28.0 Å². The Morgan fingerprint density at radius 3 is 2.00 bits per heavy atom. The molecule has 0 saturated carbocycles. The highest BCUT2D eigenvalue weighted by atomic mass is 14.9. The molecule has 1 heterocycles. The Bertz CT molecular complexity index is 1310. The van der Waals surface area contributed by atoms with E-state index in [9.17, 15) is 0 Å². The molecule has 0 spiro atoms. The lowest BCUT2D eigenvalue weighted by Crippen LogP contribution is -2.01. The molecule has 29 heavy (non-hydrogen) atoms. The van der Waals surface area contributed by atoms with Crippen molar-refractivity contribution in [2.45, 2.75) is 19.8 Å². The summed E-state index contributed by atoms with van der Waals surface area (Å²) in [4.78, 5) is 10.0. The monoisotopic (exact) mass is 374 g/mol. The molecular formula is C27H22N2. The highest BCUT2D eigenvalue weighted by Crippen LogP contribution is 2.37. The third-order valence-corrected chi connectivity index (χ3v) is 5.37. The van der Waals surface area contributed by atoms with Crippen molar-refractivity contribution in [2.75, 3.05) is 0 Å².